The predicted molar refractivity (Wildman–Crippen MR) is 129 cm³/mol. The summed E-state index contributed by atoms with van der Waals surface area (Å²) in [5, 5.41) is 12.9. The Hall–Kier alpha value is -3.76. The van der Waals surface area contributed by atoms with Crippen molar-refractivity contribution in [1.82, 2.24) is 5.32 Å². The monoisotopic (exact) mass is 479 g/mol. The van der Waals surface area contributed by atoms with Crippen LogP contribution in [0.2, 0.25) is 0 Å². The van der Waals surface area contributed by atoms with Gasteiger partial charge in [-0.2, -0.15) is 0 Å². The summed E-state index contributed by atoms with van der Waals surface area (Å²) in [6, 6.07) is 13.4. The fourth-order valence-electron chi connectivity index (χ4n) is 3.70. The van der Waals surface area contributed by atoms with Gasteiger partial charge in [0.15, 0.2) is 0 Å². The number of hydrogen-bond donors (Lipinski definition) is 2. The van der Waals surface area contributed by atoms with Gasteiger partial charge in [-0.1, -0.05) is 60.5 Å². The zero-order valence-corrected chi connectivity index (χ0v) is 19.1. The van der Waals surface area contributed by atoms with Gasteiger partial charge >= 0.3 is 5.97 Å². The molecule has 0 spiro atoms. The van der Waals surface area contributed by atoms with Crippen LogP contribution < -0.4 is 5.32 Å². The standard InChI is InChI=1S/C28H27F2NO4/c29-27(30)24-15-7-12-21-11-5-2-6-13-22(32)19-23(35-28(34)26(21)24)14-8-18-31-25(33)17-16-20-9-3-1-4-10-20/h1-5,7-10,12,15,18,22-23,27,32H,6,11,13-14,19H2,(H,31,33)/b5-2+,18-8+/t22-,23-/m0/s1. The molecule has 2 atom stereocenters. The Kier molecular flexibility index (Phi) is 9.76. The minimum atomic E-state index is -2.83. The van der Waals surface area contributed by atoms with E-state index < -0.39 is 30.5 Å². The van der Waals surface area contributed by atoms with E-state index in [1.165, 1.54) is 18.3 Å². The molecule has 2 N–H and O–H groups in total. The molecule has 0 unspecified atom stereocenters. The molecule has 5 nitrogen and oxygen atoms in total. The first-order chi connectivity index (χ1) is 16.9. The molecule has 0 aromatic heterocycles. The first kappa shape index (κ1) is 25.9. The second kappa shape index (κ2) is 13.2. The highest BCUT2D eigenvalue weighted by molar-refractivity contribution is 5.94. The van der Waals surface area contributed by atoms with Crippen LogP contribution in [0.4, 0.5) is 8.78 Å². The second-order valence-electron chi connectivity index (χ2n) is 8.08. The number of amides is 1. The maximum Gasteiger partial charge on any atom is 0.339 e. The molecule has 0 bridgehead atoms. The molecule has 2 aromatic rings. The molecular formula is C28H27F2NO4. The first-order valence-electron chi connectivity index (χ1n) is 11.4. The average Bonchev–Trinajstić information content (AvgIpc) is 2.84. The number of rotatable bonds is 4. The number of carbonyl (C=O) groups is 2. The number of hydrogen-bond acceptors (Lipinski definition) is 4. The van der Waals surface area contributed by atoms with E-state index in [9.17, 15) is 23.5 Å². The quantitative estimate of drug-likeness (QED) is 0.373. The summed E-state index contributed by atoms with van der Waals surface area (Å²) in [6.07, 6.45) is 4.03. The van der Waals surface area contributed by atoms with Gasteiger partial charge in [-0.05, 0) is 37.0 Å². The van der Waals surface area contributed by atoms with E-state index in [1.807, 2.05) is 24.3 Å². The first-order valence-corrected chi connectivity index (χ1v) is 11.4. The van der Waals surface area contributed by atoms with Crippen LogP contribution in [0.1, 0.15) is 59.2 Å². The SMILES string of the molecule is O=C(C#Cc1ccccc1)N/C=C/C[C@H]1C[C@@H](O)CC/C=C/Cc2cccc(C(F)F)c2C(=O)O1. The number of aliphatic hydroxyl groups excluding tert-OH is 1. The number of ether oxygens (including phenoxy) is 1. The number of halogens is 2. The van der Waals surface area contributed by atoms with Gasteiger partial charge < -0.3 is 15.2 Å². The van der Waals surface area contributed by atoms with Gasteiger partial charge in [-0.3, -0.25) is 4.79 Å². The number of benzene rings is 2. The number of cyclic esters (lactones) is 1. The van der Waals surface area contributed by atoms with Crippen molar-refractivity contribution in [1.29, 1.82) is 0 Å². The van der Waals surface area contributed by atoms with Crippen molar-refractivity contribution in [3.8, 4) is 11.8 Å². The van der Waals surface area contributed by atoms with Crippen molar-refractivity contribution in [2.45, 2.75) is 50.7 Å². The Morgan fingerprint density at radius 1 is 1.17 bits per heavy atom. The molecule has 0 saturated carbocycles. The lowest BCUT2D eigenvalue weighted by molar-refractivity contribution is -0.114. The molecule has 1 amide bonds. The van der Waals surface area contributed by atoms with Crippen LogP contribution >= 0.6 is 0 Å². The molecule has 182 valence electrons. The summed E-state index contributed by atoms with van der Waals surface area (Å²) in [4.78, 5) is 24.9. The third kappa shape index (κ3) is 8.20. The lowest BCUT2D eigenvalue weighted by Gasteiger charge is -2.22. The number of fused-ring (bicyclic) bond motifs is 1. The summed E-state index contributed by atoms with van der Waals surface area (Å²) < 4.78 is 32.8. The van der Waals surface area contributed by atoms with Crippen molar-refractivity contribution in [3.05, 3.63) is 95.2 Å². The van der Waals surface area contributed by atoms with Crippen LogP contribution in [0, 0.1) is 11.8 Å². The van der Waals surface area contributed by atoms with Crippen LogP contribution in [-0.4, -0.2) is 29.2 Å². The third-order valence-electron chi connectivity index (χ3n) is 5.43. The Morgan fingerprint density at radius 3 is 2.74 bits per heavy atom. The lowest BCUT2D eigenvalue weighted by atomic mass is 9.97. The molecule has 0 radical (unpaired) electrons. The van der Waals surface area contributed by atoms with E-state index in [2.05, 4.69) is 17.2 Å². The largest absolute Gasteiger partial charge is 0.458 e. The van der Waals surface area contributed by atoms with Crippen LogP contribution in [-0.2, 0) is 16.0 Å². The molecule has 0 saturated heterocycles. The highest BCUT2D eigenvalue weighted by Crippen LogP contribution is 2.28. The predicted octanol–water partition coefficient (Wildman–Crippen LogP) is 4.86. The number of carbonyl (C=O) groups excluding carboxylic acids is 2. The normalized spacial score (nSPS) is 19.5. The van der Waals surface area contributed by atoms with Gasteiger partial charge in [-0.15, -0.1) is 0 Å². The van der Waals surface area contributed by atoms with Gasteiger partial charge in [0.2, 0.25) is 0 Å². The smallest absolute Gasteiger partial charge is 0.339 e. The highest BCUT2D eigenvalue weighted by atomic mass is 19.3. The summed E-state index contributed by atoms with van der Waals surface area (Å²) in [5.74, 6) is 3.85. The zero-order valence-electron chi connectivity index (χ0n) is 19.1. The van der Waals surface area contributed by atoms with Gasteiger partial charge in [-0.25, -0.2) is 13.6 Å². The number of nitrogens with one attached hydrogen (secondary N) is 1. The minimum Gasteiger partial charge on any atom is -0.458 e. The number of esters is 1. The van der Waals surface area contributed by atoms with Crippen molar-refractivity contribution in [2.75, 3.05) is 0 Å². The van der Waals surface area contributed by atoms with Crippen LogP contribution in [0.25, 0.3) is 0 Å². The molecule has 2 aromatic carbocycles. The molecule has 1 aliphatic heterocycles. The minimum absolute atomic E-state index is 0.137. The zero-order chi connectivity index (χ0) is 25.0. The average molecular weight is 480 g/mol. The molecule has 3 rings (SSSR count). The number of allylic oxidation sites excluding steroid dienone is 2. The fraction of sp³-hybridized carbons (Fsp3) is 0.286. The maximum atomic E-state index is 13.6. The molecule has 0 aliphatic carbocycles. The van der Waals surface area contributed by atoms with Crippen molar-refractivity contribution in [2.24, 2.45) is 0 Å². The van der Waals surface area contributed by atoms with E-state index >= 15 is 0 Å². The van der Waals surface area contributed by atoms with E-state index in [0.717, 1.165) is 0 Å². The van der Waals surface area contributed by atoms with E-state index in [1.54, 1.807) is 30.4 Å². The Bertz CT molecular complexity index is 1130. The number of aliphatic hydroxyl groups is 1. The number of alkyl halides is 2. The molecule has 1 aliphatic rings. The molecule has 1 heterocycles. The van der Waals surface area contributed by atoms with Crippen LogP contribution in [0.3, 0.4) is 0 Å². The molecular weight excluding hydrogens is 452 g/mol. The summed E-state index contributed by atoms with van der Waals surface area (Å²) >= 11 is 0. The fourth-order valence-corrected chi connectivity index (χ4v) is 3.70. The molecule has 7 heteroatoms. The van der Waals surface area contributed by atoms with E-state index in [4.69, 9.17) is 4.74 Å². The Labute approximate surface area is 203 Å². The van der Waals surface area contributed by atoms with E-state index in [-0.39, 0.29) is 24.0 Å². The van der Waals surface area contributed by atoms with Gasteiger partial charge in [0.05, 0.1) is 11.7 Å². The topological polar surface area (TPSA) is 75.6 Å². The third-order valence-corrected chi connectivity index (χ3v) is 5.43. The van der Waals surface area contributed by atoms with Crippen molar-refractivity contribution < 1.29 is 28.2 Å². The van der Waals surface area contributed by atoms with Crippen molar-refractivity contribution in [3.63, 3.8) is 0 Å². The van der Waals surface area contributed by atoms with E-state index in [0.29, 0.717) is 30.4 Å². The van der Waals surface area contributed by atoms with Crippen molar-refractivity contribution >= 4 is 11.9 Å². The Morgan fingerprint density at radius 2 is 1.97 bits per heavy atom. The van der Waals surface area contributed by atoms with Gasteiger partial charge in [0.25, 0.3) is 12.3 Å². The second-order valence-corrected chi connectivity index (χ2v) is 8.08. The van der Waals surface area contributed by atoms with Crippen LogP contribution in [0.15, 0.2) is 73.0 Å². The summed E-state index contributed by atoms with van der Waals surface area (Å²) in [5.41, 5.74) is 0.653. The molecule has 0 fully saturated rings. The molecule has 35 heavy (non-hydrogen) atoms. The Balaban J connectivity index is 1.70. The summed E-state index contributed by atoms with van der Waals surface area (Å²) in [7, 11) is 0. The van der Waals surface area contributed by atoms with Crippen LogP contribution in [0.5, 0.6) is 0 Å². The van der Waals surface area contributed by atoms with Gasteiger partial charge in [0.1, 0.15) is 6.10 Å². The van der Waals surface area contributed by atoms with Gasteiger partial charge in [0, 0.05) is 36.1 Å². The maximum absolute atomic E-state index is 13.6. The highest BCUT2D eigenvalue weighted by Gasteiger charge is 2.26. The summed E-state index contributed by atoms with van der Waals surface area (Å²) in [6.45, 7) is 0. The lowest BCUT2D eigenvalue weighted by Crippen LogP contribution is -2.25.